The van der Waals surface area contributed by atoms with E-state index in [-0.39, 0.29) is 6.54 Å². The average molecular weight is 206 g/mol. The van der Waals surface area contributed by atoms with E-state index < -0.39 is 5.97 Å². The monoisotopic (exact) mass is 206 g/mol. The van der Waals surface area contributed by atoms with Crippen LogP contribution in [-0.4, -0.2) is 30.6 Å². The van der Waals surface area contributed by atoms with Crippen LogP contribution in [0.2, 0.25) is 0 Å². The number of aryl methyl sites for hydroxylation is 1. The van der Waals surface area contributed by atoms with Crippen LogP contribution < -0.4 is 0 Å². The Hall–Kier alpha value is -2.11. The van der Waals surface area contributed by atoms with Crippen molar-refractivity contribution in [3.63, 3.8) is 0 Å². The third-order valence-corrected chi connectivity index (χ3v) is 1.94. The molecule has 1 N–H and O–H groups in total. The van der Waals surface area contributed by atoms with E-state index in [1.54, 1.807) is 23.1 Å². The predicted octanol–water partition coefficient (Wildman–Crippen LogP) is 0.368. The number of hydrogen-bond acceptors (Lipinski definition) is 3. The molecule has 0 aliphatic carbocycles. The van der Waals surface area contributed by atoms with Gasteiger partial charge in [0.1, 0.15) is 6.54 Å². The maximum Gasteiger partial charge on any atom is 0.325 e. The molecular formula is C9H10N4O2. The van der Waals surface area contributed by atoms with E-state index in [1.165, 1.54) is 4.68 Å². The average Bonchev–Trinajstić information content (AvgIpc) is 2.72. The molecule has 0 atom stereocenters. The maximum absolute atomic E-state index is 10.4. The van der Waals surface area contributed by atoms with Gasteiger partial charge < -0.3 is 5.11 Å². The van der Waals surface area contributed by atoms with E-state index in [0.29, 0.717) is 0 Å². The van der Waals surface area contributed by atoms with E-state index >= 15 is 0 Å². The highest BCUT2D eigenvalue weighted by Crippen LogP contribution is 2.14. The molecule has 0 aliphatic rings. The molecule has 2 aromatic rings. The Bertz CT molecular complexity index is 486. The Labute approximate surface area is 85.8 Å². The lowest BCUT2D eigenvalue weighted by Gasteiger charge is -1.93. The Balaban J connectivity index is 2.23. The minimum Gasteiger partial charge on any atom is -0.480 e. The Kier molecular flexibility index (Phi) is 2.24. The standard InChI is InChI=1S/C9H10N4O2/c1-12-5-7(4-10-12)8-2-3-13(11-8)6-9(14)15/h2-5H,6H2,1H3,(H,14,15). The summed E-state index contributed by atoms with van der Waals surface area (Å²) in [6.45, 7) is -0.125. The van der Waals surface area contributed by atoms with E-state index in [9.17, 15) is 4.79 Å². The first-order chi connectivity index (χ1) is 7.15. The van der Waals surface area contributed by atoms with Crippen LogP contribution in [0.4, 0.5) is 0 Å². The molecule has 0 saturated heterocycles. The second-order valence-electron chi connectivity index (χ2n) is 3.19. The largest absolute Gasteiger partial charge is 0.480 e. The van der Waals surface area contributed by atoms with Crippen molar-refractivity contribution in [3.05, 3.63) is 24.7 Å². The summed E-state index contributed by atoms with van der Waals surface area (Å²) >= 11 is 0. The molecule has 2 aromatic heterocycles. The van der Waals surface area contributed by atoms with E-state index in [0.717, 1.165) is 11.3 Å². The molecule has 0 radical (unpaired) electrons. The van der Waals surface area contributed by atoms with Gasteiger partial charge in [-0.15, -0.1) is 0 Å². The molecule has 0 spiro atoms. The zero-order valence-corrected chi connectivity index (χ0v) is 8.16. The summed E-state index contributed by atoms with van der Waals surface area (Å²) in [5, 5.41) is 16.7. The first-order valence-corrected chi connectivity index (χ1v) is 4.39. The minimum absolute atomic E-state index is 0.125. The fourth-order valence-corrected chi connectivity index (χ4v) is 1.30. The van der Waals surface area contributed by atoms with Crippen LogP contribution in [0.1, 0.15) is 0 Å². The highest BCUT2D eigenvalue weighted by Gasteiger charge is 2.05. The maximum atomic E-state index is 10.4. The molecule has 78 valence electrons. The van der Waals surface area contributed by atoms with Gasteiger partial charge in [-0.1, -0.05) is 0 Å². The van der Waals surface area contributed by atoms with Crippen molar-refractivity contribution in [2.75, 3.05) is 0 Å². The molecule has 0 saturated carbocycles. The van der Waals surface area contributed by atoms with Crippen LogP contribution in [0, 0.1) is 0 Å². The van der Waals surface area contributed by atoms with Gasteiger partial charge in [0.2, 0.25) is 0 Å². The first kappa shape index (κ1) is 9.45. The van der Waals surface area contributed by atoms with Crippen molar-refractivity contribution in [2.24, 2.45) is 7.05 Å². The third-order valence-electron chi connectivity index (χ3n) is 1.94. The number of carboxylic acid groups (broad SMARTS) is 1. The van der Waals surface area contributed by atoms with Gasteiger partial charge in [0.05, 0.1) is 11.9 Å². The summed E-state index contributed by atoms with van der Waals surface area (Å²) in [6, 6.07) is 1.76. The molecule has 0 unspecified atom stereocenters. The molecular weight excluding hydrogens is 196 g/mol. The summed E-state index contributed by atoms with van der Waals surface area (Å²) in [5.41, 5.74) is 1.60. The number of aromatic nitrogens is 4. The van der Waals surface area contributed by atoms with Gasteiger partial charge in [-0.05, 0) is 6.07 Å². The lowest BCUT2D eigenvalue weighted by molar-refractivity contribution is -0.137. The second-order valence-corrected chi connectivity index (χ2v) is 3.19. The molecule has 0 aromatic carbocycles. The van der Waals surface area contributed by atoms with Crippen LogP contribution in [0.5, 0.6) is 0 Å². The Morgan fingerprint density at radius 2 is 2.40 bits per heavy atom. The zero-order chi connectivity index (χ0) is 10.8. The lowest BCUT2D eigenvalue weighted by atomic mass is 10.3. The number of rotatable bonds is 3. The SMILES string of the molecule is Cn1cc(-c2ccn(CC(=O)O)n2)cn1. The highest BCUT2D eigenvalue weighted by atomic mass is 16.4. The zero-order valence-electron chi connectivity index (χ0n) is 8.16. The van der Waals surface area contributed by atoms with E-state index in [2.05, 4.69) is 10.2 Å². The van der Waals surface area contributed by atoms with Gasteiger partial charge in [-0.25, -0.2) is 0 Å². The molecule has 0 fully saturated rings. The van der Waals surface area contributed by atoms with Crippen LogP contribution >= 0.6 is 0 Å². The Morgan fingerprint density at radius 3 is 3.00 bits per heavy atom. The highest BCUT2D eigenvalue weighted by molar-refractivity contribution is 5.66. The smallest absolute Gasteiger partial charge is 0.325 e. The number of nitrogens with zero attached hydrogens (tertiary/aromatic N) is 4. The van der Waals surface area contributed by atoms with Crippen molar-refractivity contribution in [3.8, 4) is 11.3 Å². The topological polar surface area (TPSA) is 72.9 Å². The summed E-state index contributed by atoms with van der Waals surface area (Å²) in [5.74, 6) is -0.907. The molecule has 2 heterocycles. The van der Waals surface area contributed by atoms with E-state index in [1.807, 2.05) is 13.2 Å². The summed E-state index contributed by atoms with van der Waals surface area (Å²) in [7, 11) is 1.82. The van der Waals surface area contributed by atoms with Gasteiger partial charge in [0, 0.05) is 25.0 Å². The quantitative estimate of drug-likeness (QED) is 0.787. The number of carbonyl (C=O) groups is 1. The van der Waals surface area contributed by atoms with Crippen LogP contribution in [0.3, 0.4) is 0 Å². The van der Waals surface area contributed by atoms with Crippen molar-refractivity contribution in [2.45, 2.75) is 6.54 Å². The van der Waals surface area contributed by atoms with E-state index in [4.69, 9.17) is 5.11 Å². The molecule has 0 amide bonds. The molecule has 15 heavy (non-hydrogen) atoms. The van der Waals surface area contributed by atoms with Crippen LogP contribution in [-0.2, 0) is 18.4 Å². The molecule has 6 nitrogen and oxygen atoms in total. The summed E-state index contributed by atoms with van der Waals surface area (Å²) < 4.78 is 3.05. The molecule has 2 rings (SSSR count). The minimum atomic E-state index is -0.907. The van der Waals surface area contributed by atoms with Crippen molar-refractivity contribution in [1.82, 2.24) is 19.6 Å². The summed E-state index contributed by atoms with van der Waals surface area (Å²) in [4.78, 5) is 10.4. The van der Waals surface area contributed by atoms with Crippen molar-refractivity contribution in [1.29, 1.82) is 0 Å². The normalized spacial score (nSPS) is 10.5. The van der Waals surface area contributed by atoms with Gasteiger partial charge in [0.25, 0.3) is 0 Å². The van der Waals surface area contributed by atoms with Crippen molar-refractivity contribution >= 4 is 5.97 Å². The number of carboxylic acids is 1. The Morgan fingerprint density at radius 1 is 1.60 bits per heavy atom. The van der Waals surface area contributed by atoms with Gasteiger partial charge in [0.15, 0.2) is 0 Å². The second kappa shape index (κ2) is 3.56. The van der Waals surface area contributed by atoms with Gasteiger partial charge in [-0.2, -0.15) is 10.2 Å². The van der Waals surface area contributed by atoms with Crippen LogP contribution in [0.25, 0.3) is 11.3 Å². The van der Waals surface area contributed by atoms with Gasteiger partial charge >= 0.3 is 5.97 Å². The molecule has 0 aliphatic heterocycles. The summed E-state index contributed by atoms with van der Waals surface area (Å²) in [6.07, 6.45) is 5.15. The van der Waals surface area contributed by atoms with Crippen LogP contribution in [0.15, 0.2) is 24.7 Å². The number of hydrogen-bond donors (Lipinski definition) is 1. The first-order valence-electron chi connectivity index (χ1n) is 4.39. The fourth-order valence-electron chi connectivity index (χ4n) is 1.30. The molecule has 6 heteroatoms. The predicted molar refractivity (Wildman–Crippen MR) is 52.1 cm³/mol. The fraction of sp³-hybridized carbons (Fsp3) is 0.222. The molecule has 0 bridgehead atoms. The third kappa shape index (κ3) is 2.04. The van der Waals surface area contributed by atoms with Crippen molar-refractivity contribution < 1.29 is 9.90 Å². The van der Waals surface area contributed by atoms with Gasteiger partial charge in [-0.3, -0.25) is 14.2 Å². The lowest BCUT2D eigenvalue weighted by Crippen LogP contribution is -2.08. The number of aliphatic carboxylic acids is 1.